The highest BCUT2D eigenvalue weighted by molar-refractivity contribution is 7.10. The average molecular weight is 229 g/mol. The van der Waals surface area contributed by atoms with Gasteiger partial charge in [0.05, 0.1) is 12.0 Å². The summed E-state index contributed by atoms with van der Waals surface area (Å²) >= 11 is 1.71. The van der Waals surface area contributed by atoms with Crippen LogP contribution in [0.5, 0.6) is 5.75 Å². The van der Waals surface area contributed by atoms with Crippen LogP contribution in [0.3, 0.4) is 0 Å². The van der Waals surface area contributed by atoms with Crippen LogP contribution in [0.4, 0.5) is 0 Å². The smallest absolute Gasteiger partial charge is 0.134 e. The normalized spacial score (nSPS) is 10.5. The average Bonchev–Trinajstić information content (AvgIpc) is 2.70. The Balaban J connectivity index is 2.09. The molecular weight excluding hydrogens is 210 g/mol. The fourth-order valence-corrected chi connectivity index (χ4v) is 2.19. The maximum absolute atomic E-state index is 8.61. The Morgan fingerprint density at radius 2 is 2.27 bits per heavy atom. The lowest BCUT2D eigenvalue weighted by Crippen LogP contribution is -2.14. The Bertz CT molecular complexity index is 263. The molecule has 0 bridgehead atoms. The molecule has 0 fully saturated rings. The van der Waals surface area contributed by atoms with Gasteiger partial charge in [-0.1, -0.05) is 0 Å². The van der Waals surface area contributed by atoms with Gasteiger partial charge >= 0.3 is 0 Å². The van der Waals surface area contributed by atoms with Crippen molar-refractivity contribution in [3.05, 3.63) is 16.3 Å². The van der Waals surface area contributed by atoms with E-state index in [4.69, 9.17) is 9.84 Å². The molecule has 1 aromatic rings. The van der Waals surface area contributed by atoms with Crippen LogP contribution >= 0.6 is 11.3 Å². The molecule has 2 N–H and O–H groups in total. The molecule has 1 heterocycles. The first-order valence-electron chi connectivity index (χ1n) is 5.30. The summed E-state index contributed by atoms with van der Waals surface area (Å²) in [5.41, 5.74) is 0. The van der Waals surface area contributed by atoms with Crippen molar-refractivity contribution >= 4 is 11.3 Å². The third kappa shape index (κ3) is 4.64. The molecule has 0 aliphatic rings. The lowest BCUT2D eigenvalue weighted by molar-refractivity contribution is 0.283. The molecule has 1 rings (SSSR count). The second kappa shape index (κ2) is 7.68. The predicted octanol–water partition coefficient (Wildman–Crippen LogP) is 2.01. The summed E-state index contributed by atoms with van der Waals surface area (Å²) in [6, 6.07) is 1.99. The Hall–Kier alpha value is -0.580. The van der Waals surface area contributed by atoms with Gasteiger partial charge in [-0.25, -0.2) is 0 Å². The second-order valence-electron chi connectivity index (χ2n) is 3.37. The number of hydrogen-bond donors (Lipinski definition) is 2. The van der Waals surface area contributed by atoms with E-state index in [1.807, 2.05) is 11.4 Å². The number of thiophene rings is 1. The number of hydrogen-bond acceptors (Lipinski definition) is 4. The number of aliphatic hydroxyl groups excluding tert-OH is 1. The lowest BCUT2D eigenvalue weighted by Gasteiger charge is -2.04. The summed E-state index contributed by atoms with van der Waals surface area (Å²) in [5, 5.41) is 14.0. The molecular formula is C11H19NO2S. The van der Waals surface area contributed by atoms with E-state index >= 15 is 0 Å². The van der Waals surface area contributed by atoms with E-state index in [2.05, 4.69) is 5.32 Å². The summed E-state index contributed by atoms with van der Waals surface area (Å²) in [6.45, 7) is 2.18. The molecule has 0 atom stereocenters. The lowest BCUT2D eigenvalue weighted by atomic mass is 10.2. The standard InChI is InChI=1S/C11H19NO2S/c1-14-10-5-8-15-11(10)9-12-6-3-2-4-7-13/h5,8,12-13H,2-4,6-7,9H2,1H3. The Kier molecular flexibility index (Phi) is 6.39. The summed E-state index contributed by atoms with van der Waals surface area (Å²) in [6.07, 6.45) is 3.11. The van der Waals surface area contributed by atoms with Gasteiger partial charge in [-0.3, -0.25) is 0 Å². The fraction of sp³-hybridized carbons (Fsp3) is 0.636. The van der Waals surface area contributed by atoms with Crippen LogP contribution in [-0.4, -0.2) is 25.4 Å². The molecule has 0 aliphatic carbocycles. The van der Waals surface area contributed by atoms with Gasteiger partial charge in [0.2, 0.25) is 0 Å². The number of ether oxygens (including phenoxy) is 1. The Morgan fingerprint density at radius 1 is 1.40 bits per heavy atom. The summed E-state index contributed by atoms with van der Waals surface area (Å²) in [4.78, 5) is 1.25. The molecule has 0 saturated heterocycles. The van der Waals surface area contributed by atoms with Crippen molar-refractivity contribution in [1.82, 2.24) is 5.32 Å². The van der Waals surface area contributed by atoms with Gasteiger partial charge in [-0.2, -0.15) is 0 Å². The first-order chi connectivity index (χ1) is 7.38. The second-order valence-corrected chi connectivity index (χ2v) is 4.37. The molecule has 86 valence electrons. The van der Waals surface area contributed by atoms with Crippen molar-refractivity contribution in [2.45, 2.75) is 25.8 Å². The summed E-state index contributed by atoms with van der Waals surface area (Å²) in [5.74, 6) is 0.975. The van der Waals surface area contributed by atoms with Crippen molar-refractivity contribution in [3.63, 3.8) is 0 Å². The minimum absolute atomic E-state index is 0.304. The molecule has 0 aromatic carbocycles. The number of methoxy groups -OCH3 is 1. The third-order valence-electron chi connectivity index (χ3n) is 2.22. The molecule has 0 saturated carbocycles. The number of aliphatic hydroxyl groups is 1. The van der Waals surface area contributed by atoms with Crippen LogP contribution in [0, 0.1) is 0 Å². The van der Waals surface area contributed by atoms with Gasteiger partial charge in [0.15, 0.2) is 0 Å². The van der Waals surface area contributed by atoms with E-state index in [1.165, 1.54) is 4.88 Å². The van der Waals surface area contributed by atoms with E-state index in [0.717, 1.165) is 38.1 Å². The maximum Gasteiger partial charge on any atom is 0.134 e. The van der Waals surface area contributed by atoms with Crippen molar-refractivity contribution in [3.8, 4) is 5.75 Å². The number of unbranched alkanes of at least 4 members (excludes halogenated alkanes) is 2. The molecule has 3 nitrogen and oxygen atoms in total. The summed E-state index contributed by atoms with van der Waals surface area (Å²) < 4.78 is 5.22. The molecule has 1 aromatic heterocycles. The van der Waals surface area contributed by atoms with Crippen LogP contribution in [0.15, 0.2) is 11.4 Å². The van der Waals surface area contributed by atoms with Crippen molar-refractivity contribution in [2.24, 2.45) is 0 Å². The molecule has 0 unspecified atom stereocenters. The number of rotatable bonds is 8. The van der Waals surface area contributed by atoms with Crippen LogP contribution in [0.25, 0.3) is 0 Å². The quantitative estimate of drug-likeness (QED) is 0.670. The molecule has 0 spiro atoms. The minimum atomic E-state index is 0.304. The van der Waals surface area contributed by atoms with Crippen molar-refractivity contribution < 1.29 is 9.84 Å². The van der Waals surface area contributed by atoms with Crippen LogP contribution < -0.4 is 10.1 Å². The molecule has 0 amide bonds. The van der Waals surface area contributed by atoms with Crippen molar-refractivity contribution in [2.75, 3.05) is 20.3 Å². The number of nitrogens with one attached hydrogen (secondary N) is 1. The van der Waals surface area contributed by atoms with E-state index in [1.54, 1.807) is 18.4 Å². The monoisotopic (exact) mass is 229 g/mol. The minimum Gasteiger partial charge on any atom is -0.496 e. The summed E-state index contributed by atoms with van der Waals surface area (Å²) in [7, 11) is 1.70. The zero-order valence-corrected chi connectivity index (χ0v) is 9.98. The van der Waals surface area contributed by atoms with Gasteiger partial charge in [-0.05, 0) is 37.3 Å². The predicted molar refractivity (Wildman–Crippen MR) is 63.5 cm³/mol. The first kappa shape index (κ1) is 12.5. The Morgan fingerprint density at radius 3 is 3.00 bits per heavy atom. The van der Waals surface area contributed by atoms with Crippen LogP contribution in [0.2, 0.25) is 0 Å². The third-order valence-corrected chi connectivity index (χ3v) is 3.12. The fourth-order valence-electron chi connectivity index (χ4n) is 1.38. The molecule has 0 aliphatic heterocycles. The molecule has 0 radical (unpaired) electrons. The van der Waals surface area contributed by atoms with E-state index in [-0.39, 0.29) is 0 Å². The zero-order valence-electron chi connectivity index (χ0n) is 9.16. The van der Waals surface area contributed by atoms with E-state index < -0.39 is 0 Å². The highest BCUT2D eigenvalue weighted by Crippen LogP contribution is 2.23. The van der Waals surface area contributed by atoms with Crippen LogP contribution in [-0.2, 0) is 6.54 Å². The molecule has 4 heteroatoms. The van der Waals surface area contributed by atoms with Gasteiger partial charge < -0.3 is 15.2 Å². The Labute approximate surface area is 95.1 Å². The van der Waals surface area contributed by atoms with E-state index in [0.29, 0.717) is 6.61 Å². The highest BCUT2D eigenvalue weighted by atomic mass is 32.1. The van der Waals surface area contributed by atoms with E-state index in [9.17, 15) is 0 Å². The molecule has 15 heavy (non-hydrogen) atoms. The van der Waals surface area contributed by atoms with Gasteiger partial charge in [0.1, 0.15) is 5.75 Å². The van der Waals surface area contributed by atoms with Gasteiger partial charge in [0, 0.05) is 13.2 Å². The van der Waals surface area contributed by atoms with Gasteiger partial charge in [-0.15, -0.1) is 11.3 Å². The maximum atomic E-state index is 8.61. The SMILES string of the molecule is COc1ccsc1CNCCCCCO. The van der Waals surface area contributed by atoms with Crippen LogP contribution in [0.1, 0.15) is 24.1 Å². The van der Waals surface area contributed by atoms with Crippen molar-refractivity contribution in [1.29, 1.82) is 0 Å². The van der Waals surface area contributed by atoms with Gasteiger partial charge in [0.25, 0.3) is 0 Å². The topological polar surface area (TPSA) is 41.5 Å². The largest absolute Gasteiger partial charge is 0.496 e. The first-order valence-corrected chi connectivity index (χ1v) is 6.18. The highest BCUT2D eigenvalue weighted by Gasteiger charge is 2.02. The zero-order chi connectivity index (χ0) is 10.9.